The largest absolute Gasteiger partial charge is 0.396 e. The molecule has 2 aromatic rings. The molecule has 0 bridgehead atoms. The lowest BCUT2D eigenvalue weighted by molar-refractivity contribution is 0.0727. The van der Waals surface area contributed by atoms with Gasteiger partial charge in [0.05, 0.1) is 12.2 Å². The minimum absolute atomic E-state index is 0.0597. The molecule has 1 fully saturated rings. The molecule has 2 heterocycles. The number of rotatable bonds is 4. The summed E-state index contributed by atoms with van der Waals surface area (Å²) in [7, 11) is 0. The number of amides is 1. The molecule has 1 atom stereocenters. The van der Waals surface area contributed by atoms with E-state index in [4.69, 9.17) is 0 Å². The molecule has 0 spiro atoms. The van der Waals surface area contributed by atoms with Gasteiger partial charge in [-0.05, 0) is 30.4 Å². The van der Waals surface area contributed by atoms with E-state index in [2.05, 4.69) is 11.9 Å². The molecule has 1 aliphatic heterocycles. The molecule has 3 rings (SSSR count). The van der Waals surface area contributed by atoms with Gasteiger partial charge >= 0.3 is 0 Å². The molecule has 23 heavy (non-hydrogen) atoms. The number of fused-ring (bicyclic) bond motifs is 1. The third-order valence-corrected chi connectivity index (χ3v) is 4.83. The average molecular weight is 316 g/mol. The van der Waals surface area contributed by atoms with Crippen molar-refractivity contribution in [1.29, 1.82) is 0 Å². The number of hydrogen-bond donors (Lipinski definition) is 1. The summed E-state index contributed by atoms with van der Waals surface area (Å²) in [5.41, 5.74) is -0.162. The van der Waals surface area contributed by atoms with Crippen molar-refractivity contribution >= 4 is 16.7 Å². The molecule has 0 saturated carbocycles. The fourth-order valence-electron chi connectivity index (χ4n) is 3.56. The van der Waals surface area contributed by atoms with Crippen LogP contribution >= 0.6 is 0 Å². The van der Waals surface area contributed by atoms with Crippen LogP contribution in [0.5, 0.6) is 0 Å². The van der Waals surface area contributed by atoms with Crippen molar-refractivity contribution in [3.8, 4) is 0 Å². The highest BCUT2D eigenvalue weighted by atomic mass is 19.1. The normalized spacial score (nSPS) is 21.1. The molecule has 4 nitrogen and oxygen atoms in total. The molecule has 1 saturated heterocycles. The van der Waals surface area contributed by atoms with E-state index >= 15 is 0 Å². The first-order valence-corrected chi connectivity index (χ1v) is 8.02. The Kier molecular flexibility index (Phi) is 4.31. The second-order valence-corrected chi connectivity index (χ2v) is 6.40. The molecule has 1 amide bonds. The van der Waals surface area contributed by atoms with Crippen LogP contribution in [0.25, 0.3) is 10.8 Å². The molecule has 1 aromatic heterocycles. The lowest BCUT2D eigenvalue weighted by Crippen LogP contribution is -2.34. The minimum atomic E-state index is -0.521. The molecule has 1 N–H and O–H groups in total. The zero-order chi connectivity index (χ0) is 16.4. The number of likely N-dealkylation sites (tertiary alicyclic amines) is 1. The number of pyridine rings is 1. The van der Waals surface area contributed by atoms with Gasteiger partial charge in [-0.3, -0.25) is 9.78 Å². The van der Waals surface area contributed by atoms with E-state index in [-0.39, 0.29) is 23.5 Å². The van der Waals surface area contributed by atoms with Gasteiger partial charge in [0.2, 0.25) is 0 Å². The standard InChI is InChI=1S/C18H21FN2O2/c1-2-6-18(12-22)7-9-21(11-18)17(23)16-14-10-20-8-5-13(14)3-4-15(16)19/h3-5,8,10,22H,2,6-7,9,11-12H2,1H3. The summed E-state index contributed by atoms with van der Waals surface area (Å²) >= 11 is 0. The van der Waals surface area contributed by atoms with Crippen molar-refractivity contribution in [2.75, 3.05) is 19.7 Å². The van der Waals surface area contributed by atoms with Gasteiger partial charge in [-0.1, -0.05) is 19.4 Å². The van der Waals surface area contributed by atoms with Crippen LogP contribution in [-0.2, 0) is 0 Å². The van der Waals surface area contributed by atoms with E-state index in [9.17, 15) is 14.3 Å². The SMILES string of the molecule is CCCC1(CO)CCN(C(=O)c2c(F)ccc3ccncc23)C1. The quantitative estimate of drug-likeness (QED) is 0.943. The van der Waals surface area contributed by atoms with Gasteiger partial charge in [0.15, 0.2) is 0 Å². The van der Waals surface area contributed by atoms with Crippen LogP contribution in [0.4, 0.5) is 4.39 Å². The van der Waals surface area contributed by atoms with Crippen molar-refractivity contribution < 1.29 is 14.3 Å². The maximum Gasteiger partial charge on any atom is 0.257 e. The smallest absolute Gasteiger partial charge is 0.257 e. The Bertz CT molecular complexity index is 734. The number of carbonyl (C=O) groups excluding carboxylic acids is 1. The molecule has 5 heteroatoms. The first-order valence-electron chi connectivity index (χ1n) is 8.02. The Morgan fingerprint density at radius 1 is 1.43 bits per heavy atom. The Balaban J connectivity index is 1.94. The Labute approximate surface area is 134 Å². The van der Waals surface area contributed by atoms with Crippen molar-refractivity contribution in [3.05, 3.63) is 42.0 Å². The van der Waals surface area contributed by atoms with Gasteiger partial charge in [0.25, 0.3) is 5.91 Å². The summed E-state index contributed by atoms with van der Waals surface area (Å²) in [6.45, 7) is 3.16. The average Bonchev–Trinajstić information content (AvgIpc) is 2.99. The van der Waals surface area contributed by atoms with E-state index in [0.717, 1.165) is 24.6 Å². The molecule has 1 unspecified atom stereocenters. The van der Waals surface area contributed by atoms with E-state index in [1.54, 1.807) is 23.2 Å². The van der Waals surface area contributed by atoms with Crippen LogP contribution in [-0.4, -0.2) is 40.6 Å². The summed E-state index contributed by atoms with van der Waals surface area (Å²) in [5.74, 6) is -0.833. The summed E-state index contributed by atoms with van der Waals surface area (Å²) in [4.78, 5) is 18.6. The number of aliphatic hydroxyl groups is 1. The van der Waals surface area contributed by atoms with E-state index < -0.39 is 5.82 Å². The number of aliphatic hydroxyl groups excluding tert-OH is 1. The highest BCUT2D eigenvalue weighted by molar-refractivity contribution is 6.07. The third-order valence-electron chi connectivity index (χ3n) is 4.83. The highest BCUT2D eigenvalue weighted by Gasteiger charge is 2.39. The number of aromatic nitrogens is 1. The van der Waals surface area contributed by atoms with Crippen molar-refractivity contribution in [3.63, 3.8) is 0 Å². The molecule has 122 valence electrons. The van der Waals surface area contributed by atoms with Gasteiger partial charge in [-0.2, -0.15) is 0 Å². The molecular weight excluding hydrogens is 295 g/mol. The Morgan fingerprint density at radius 3 is 3.00 bits per heavy atom. The first kappa shape index (κ1) is 15.9. The van der Waals surface area contributed by atoms with E-state index in [1.807, 2.05) is 0 Å². The third kappa shape index (κ3) is 2.81. The number of carbonyl (C=O) groups is 1. The summed E-state index contributed by atoms with van der Waals surface area (Å²) in [6, 6.07) is 4.75. The fraction of sp³-hybridized carbons (Fsp3) is 0.444. The predicted octanol–water partition coefficient (Wildman–Crippen LogP) is 3.00. The van der Waals surface area contributed by atoms with Crippen LogP contribution in [0.15, 0.2) is 30.6 Å². The number of benzene rings is 1. The molecule has 1 aromatic carbocycles. The van der Waals surface area contributed by atoms with E-state index in [0.29, 0.717) is 18.5 Å². The molecular formula is C18H21FN2O2. The molecule has 0 radical (unpaired) electrons. The number of nitrogens with zero attached hydrogens (tertiary/aromatic N) is 2. The summed E-state index contributed by atoms with van der Waals surface area (Å²) in [6.07, 6.45) is 5.74. The van der Waals surface area contributed by atoms with Gasteiger partial charge in [0, 0.05) is 36.3 Å². The first-order chi connectivity index (χ1) is 11.1. The highest BCUT2D eigenvalue weighted by Crippen LogP contribution is 2.36. The van der Waals surface area contributed by atoms with Crippen LogP contribution in [0.1, 0.15) is 36.5 Å². The zero-order valence-electron chi connectivity index (χ0n) is 13.3. The Hall–Kier alpha value is -2.01. The lowest BCUT2D eigenvalue weighted by Gasteiger charge is -2.26. The van der Waals surface area contributed by atoms with Crippen LogP contribution in [0.2, 0.25) is 0 Å². The van der Waals surface area contributed by atoms with Crippen LogP contribution in [0.3, 0.4) is 0 Å². The molecule has 0 aliphatic carbocycles. The van der Waals surface area contributed by atoms with Crippen molar-refractivity contribution in [2.45, 2.75) is 26.2 Å². The molecule has 1 aliphatic rings. The summed E-state index contributed by atoms with van der Waals surface area (Å²) < 4.78 is 14.3. The maximum atomic E-state index is 14.3. The lowest BCUT2D eigenvalue weighted by atomic mass is 9.83. The summed E-state index contributed by atoms with van der Waals surface area (Å²) in [5, 5.41) is 11.1. The minimum Gasteiger partial charge on any atom is -0.396 e. The van der Waals surface area contributed by atoms with Gasteiger partial charge in [0.1, 0.15) is 5.82 Å². The topological polar surface area (TPSA) is 53.4 Å². The van der Waals surface area contributed by atoms with Gasteiger partial charge in [-0.15, -0.1) is 0 Å². The fourth-order valence-corrected chi connectivity index (χ4v) is 3.56. The number of hydrogen-bond acceptors (Lipinski definition) is 3. The maximum absolute atomic E-state index is 14.3. The van der Waals surface area contributed by atoms with Crippen molar-refractivity contribution in [2.24, 2.45) is 5.41 Å². The van der Waals surface area contributed by atoms with Gasteiger partial charge < -0.3 is 10.0 Å². The Morgan fingerprint density at radius 2 is 2.26 bits per heavy atom. The second-order valence-electron chi connectivity index (χ2n) is 6.40. The van der Waals surface area contributed by atoms with E-state index in [1.165, 1.54) is 12.3 Å². The van der Waals surface area contributed by atoms with Crippen LogP contribution < -0.4 is 0 Å². The van der Waals surface area contributed by atoms with Gasteiger partial charge in [-0.25, -0.2) is 4.39 Å². The van der Waals surface area contributed by atoms with Crippen LogP contribution in [0, 0.1) is 11.2 Å². The van der Waals surface area contributed by atoms with Crippen molar-refractivity contribution in [1.82, 2.24) is 9.88 Å². The number of halogens is 1. The zero-order valence-corrected chi connectivity index (χ0v) is 13.3. The predicted molar refractivity (Wildman–Crippen MR) is 86.6 cm³/mol. The monoisotopic (exact) mass is 316 g/mol. The second kappa shape index (κ2) is 6.24.